The number of nitrogens with zero attached hydrogens (tertiary/aromatic N) is 3. The number of aromatic nitrogens is 1. The molecule has 0 aliphatic carbocycles. The first-order valence-electron chi connectivity index (χ1n) is 8.34. The predicted octanol–water partition coefficient (Wildman–Crippen LogP) is 1.70. The van der Waals surface area contributed by atoms with Crippen LogP contribution < -0.4 is 10.3 Å². The van der Waals surface area contributed by atoms with Crippen molar-refractivity contribution in [2.24, 2.45) is 0 Å². The number of methoxy groups -OCH3 is 1. The third-order valence-electron chi connectivity index (χ3n) is 4.74. The van der Waals surface area contributed by atoms with Gasteiger partial charge in [-0.1, -0.05) is 0 Å². The SMILES string of the molecule is CCn1cc(C(=O)OC)c(=O)c2cc(F)c(N3CCN(C)CC3)cc21. The van der Waals surface area contributed by atoms with Gasteiger partial charge < -0.3 is 19.1 Å². The number of hydrogen-bond acceptors (Lipinski definition) is 5. The van der Waals surface area contributed by atoms with Crippen LogP contribution in [0.4, 0.5) is 10.1 Å². The van der Waals surface area contributed by atoms with E-state index in [9.17, 15) is 14.0 Å². The van der Waals surface area contributed by atoms with Crippen LogP contribution in [0.1, 0.15) is 17.3 Å². The number of ether oxygens (including phenoxy) is 1. The van der Waals surface area contributed by atoms with Gasteiger partial charge in [0, 0.05) is 44.3 Å². The number of anilines is 1. The Bertz CT molecular complexity index is 870. The van der Waals surface area contributed by atoms with E-state index in [0.29, 0.717) is 17.7 Å². The molecule has 0 saturated carbocycles. The number of piperazine rings is 1. The summed E-state index contributed by atoms with van der Waals surface area (Å²) in [6.45, 7) is 5.64. The highest BCUT2D eigenvalue weighted by molar-refractivity contribution is 5.94. The number of benzene rings is 1. The number of carbonyl (C=O) groups excluding carboxylic acids is 1. The van der Waals surface area contributed by atoms with Crippen LogP contribution in [0.3, 0.4) is 0 Å². The van der Waals surface area contributed by atoms with E-state index < -0.39 is 17.2 Å². The molecule has 0 amide bonds. The quantitative estimate of drug-likeness (QED) is 0.791. The van der Waals surface area contributed by atoms with Crippen molar-refractivity contribution in [2.75, 3.05) is 45.2 Å². The van der Waals surface area contributed by atoms with Gasteiger partial charge in [0.1, 0.15) is 11.4 Å². The minimum absolute atomic E-state index is 0.0800. The molecular weight excluding hydrogens is 325 g/mol. The number of hydrogen-bond donors (Lipinski definition) is 0. The summed E-state index contributed by atoms with van der Waals surface area (Å²) in [7, 11) is 3.26. The molecule has 1 aliphatic heterocycles. The Hall–Kier alpha value is -2.41. The van der Waals surface area contributed by atoms with Crippen LogP contribution in [0, 0.1) is 5.82 Å². The average molecular weight is 347 g/mol. The van der Waals surface area contributed by atoms with Crippen LogP contribution in [0.25, 0.3) is 10.9 Å². The largest absolute Gasteiger partial charge is 0.465 e. The molecule has 0 bridgehead atoms. The minimum atomic E-state index is -0.711. The first-order valence-corrected chi connectivity index (χ1v) is 8.34. The van der Waals surface area contributed by atoms with Crippen molar-refractivity contribution >= 4 is 22.6 Å². The molecule has 25 heavy (non-hydrogen) atoms. The fourth-order valence-electron chi connectivity index (χ4n) is 3.21. The van der Waals surface area contributed by atoms with Gasteiger partial charge in [0.2, 0.25) is 5.43 Å². The number of halogens is 1. The zero-order valence-corrected chi connectivity index (χ0v) is 14.7. The van der Waals surface area contributed by atoms with Crippen LogP contribution in [0.5, 0.6) is 0 Å². The second-order valence-electron chi connectivity index (χ2n) is 6.26. The molecule has 0 N–H and O–H groups in total. The lowest BCUT2D eigenvalue weighted by molar-refractivity contribution is 0.0598. The third kappa shape index (κ3) is 3.11. The molecule has 6 nitrogen and oxygen atoms in total. The number of esters is 1. The summed E-state index contributed by atoms with van der Waals surface area (Å²) in [4.78, 5) is 28.6. The summed E-state index contributed by atoms with van der Waals surface area (Å²) in [6, 6.07) is 2.95. The zero-order chi connectivity index (χ0) is 18.1. The molecule has 0 radical (unpaired) electrons. The monoisotopic (exact) mass is 347 g/mol. The first kappa shape index (κ1) is 17.4. The van der Waals surface area contributed by atoms with Crippen LogP contribution in [-0.4, -0.2) is 55.8 Å². The van der Waals surface area contributed by atoms with Gasteiger partial charge in [-0.05, 0) is 26.1 Å². The van der Waals surface area contributed by atoms with Crippen molar-refractivity contribution < 1.29 is 13.9 Å². The van der Waals surface area contributed by atoms with Gasteiger partial charge in [0.05, 0.1) is 18.3 Å². The molecule has 0 spiro atoms. The Balaban J connectivity index is 2.17. The maximum atomic E-state index is 14.7. The maximum absolute atomic E-state index is 14.7. The first-order chi connectivity index (χ1) is 12.0. The van der Waals surface area contributed by atoms with E-state index in [4.69, 9.17) is 0 Å². The summed E-state index contributed by atoms with van der Waals surface area (Å²) >= 11 is 0. The number of carbonyl (C=O) groups is 1. The molecule has 134 valence electrons. The fraction of sp³-hybridized carbons (Fsp3) is 0.444. The Labute approximate surface area is 145 Å². The highest BCUT2D eigenvalue weighted by atomic mass is 19.1. The molecule has 1 aromatic heterocycles. The Morgan fingerprint density at radius 3 is 2.52 bits per heavy atom. The lowest BCUT2D eigenvalue weighted by atomic mass is 10.1. The molecule has 2 heterocycles. The van der Waals surface area contributed by atoms with Gasteiger partial charge in [-0.3, -0.25) is 4.79 Å². The van der Waals surface area contributed by atoms with E-state index in [1.165, 1.54) is 19.4 Å². The van der Waals surface area contributed by atoms with E-state index >= 15 is 0 Å². The molecule has 1 saturated heterocycles. The average Bonchev–Trinajstić information content (AvgIpc) is 2.62. The van der Waals surface area contributed by atoms with Gasteiger partial charge in [0.25, 0.3) is 0 Å². The second-order valence-corrected chi connectivity index (χ2v) is 6.26. The van der Waals surface area contributed by atoms with Crippen molar-refractivity contribution in [3.8, 4) is 0 Å². The number of likely N-dealkylation sites (N-methyl/N-ethyl adjacent to an activating group) is 1. The lowest BCUT2D eigenvalue weighted by Crippen LogP contribution is -2.44. The number of fused-ring (bicyclic) bond motifs is 1. The Morgan fingerprint density at radius 2 is 1.92 bits per heavy atom. The summed E-state index contributed by atoms with van der Waals surface area (Å²) in [6.07, 6.45) is 1.49. The summed E-state index contributed by atoms with van der Waals surface area (Å²) in [5.41, 5.74) is 0.530. The Kier molecular flexibility index (Phi) is 4.76. The van der Waals surface area contributed by atoms with Crippen molar-refractivity contribution in [3.63, 3.8) is 0 Å². The maximum Gasteiger partial charge on any atom is 0.343 e. The number of rotatable bonds is 3. The molecule has 0 unspecified atom stereocenters. The zero-order valence-electron chi connectivity index (χ0n) is 14.7. The van der Waals surface area contributed by atoms with E-state index in [-0.39, 0.29) is 10.9 Å². The van der Waals surface area contributed by atoms with E-state index in [0.717, 1.165) is 26.2 Å². The smallest absolute Gasteiger partial charge is 0.343 e. The highest BCUT2D eigenvalue weighted by Crippen LogP contribution is 2.26. The fourth-order valence-corrected chi connectivity index (χ4v) is 3.21. The topological polar surface area (TPSA) is 54.8 Å². The summed E-state index contributed by atoms with van der Waals surface area (Å²) in [5.74, 6) is -1.16. The highest BCUT2D eigenvalue weighted by Gasteiger charge is 2.21. The van der Waals surface area contributed by atoms with E-state index in [2.05, 4.69) is 9.64 Å². The van der Waals surface area contributed by atoms with Crippen LogP contribution in [0.15, 0.2) is 23.1 Å². The third-order valence-corrected chi connectivity index (χ3v) is 4.74. The molecule has 1 aliphatic rings. The van der Waals surface area contributed by atoms with Crippen molar-refractivity contribution in [2.45, 2.75) is 13.5 Å². The molecule has 1 aromatic carbocycles. The van der Waals surface area contributed by atoms with Crippen LogP contribution in [0.2, 0.25) is 0 Å². The van der Waals surface area contributed by atoms with Crippen molar-refractivity contribution in [3.05, 3.63) is 39.9 Å². The summed E-state index contributed by atoms with van der Waals surface area (Å²) in [5, 5.41) is 0.195. The van der Waals surface area contributed by atoms with E-state index in [1.807, 2.05) is 18.9 Å². The van der Waals surface area contributed by atoms with E-state index in [1.54, 1.807) is 10.6 Å². The van der Waals surface area contributed by atoms with Gasteiger partial charge in [-0.25, -0.2) is 9.18 Å². The molecule has 7 heteroatoms. The van der Waals surface area contributed by atoms with Crippen molar-refractivity contribution in [1.82, 2.24) is 9.47 Å². The number of aryl methyl sites for hydroxylation is 1. The normalized spacial score (nSPS) is 15.6. The van der Waals surface area contributed by atoms with Crippen LogP contribution in [-0.2, 0) is 11.3 Å². The molecule has 2 aromatic rings. The molecule has 1 fully saturated rings. The molecule has 3 rings (SSSR count). The lowest BCUT2D eigenvalue weighted by Gasteiger charge is -2.34. The minimum Gasteiger partial charge on any atom is -0.465 e. The van der Waals surface area contributed by atoms with Crippen molar-refractivity contribution in [1.29, 1.82) is 0 Å². The van der Waals surface area contributed by atoms with Crippen LogP contribution >= 0.6 is 0 Å². The second kappa shape index (κ2) is 6.84. The summed E-state index contributed by atoms with van der Waals surface area (Å²) < 4.78 is 21.2. The van der Waals surface area contributed by atoms with Gasteiger partial charge in [0.15, 0.2) is 0 Å². The van der Waals surface area contributed by atoms with Gasteiger partial charge in [-0.2, -0.15) is 0 Å². The molecule has 0 atom stereocenters. The molecular formula is C18H22FN3O3. The van der Waals surface area contributed by atoms with Gasteiger partial charge in [-0.15, -0.1) is 0 Å². The standard InChI is InChI=1S/C18H22FN3O3/c1-4-21-11-13(18(24)25-3)17(23)12-9-14(19)16(10-15(12)21)22-7-5-20(2)6-8-22/h9-11H,4-8H2,1-3H3. The van der Waals surface area contributed by atoms with Gasteiger partial charge >= 0.3 is 5.97 Å². The predicted molar refractivity (Wildman–Crippen MR) is 94.9 cm³/mol. The Morgan fingerprint density at radius 1 is 1.24 bits per heavy atom. The number of pyridine rings is 1.